The van der Waals surface area contributed by atoms with Crippen molar-refractivity contribution in [3.8, 4) is 17.3 Å². The first kappa shape index (κ1) is 24.5. The summed E-state index contributed by atoms with van der Waals surface area (Å²) in [6, 6.07) is 1.93. The first-order valence-corrected chi connectivity index (χ1v) is 9.70. The van der Waals surface area contributed by atoms with Crippen molar-refractivity contribution in [1.29, 1.82) is 0 Å². The fraction of sp³-hybridized carbons (Fsp3) is 0.353. The average molecular weight is 470 g/mol. The number of aryl methyl sites for hydroxylation is 1. The summed E-state index contributed by atoms with van der Waals surface area (Å²) in [6.07, 6.45) is -7.21. The van der Waals surface area contributed by atoms with Crippen LogP contribution >= 0.6 is 0 Å². The molecular weight excluding hydrogens is 454 g/mol. The molecule has 0 aliphatic carbocycles. The Labute approximate surface area is 173 Å². The van der Waals surface area contributed by atoms with Gasteiger partial charge in [-0.1, -0.05) is 6.92 Å². The minimum absolute atomic E-state index is 0. The molecule has 0 bridgehead atoms. The van der Waals surface area contributed by atoms with Crippen LogP contribution in [0.2, 0.25) is 0 Å². The van der Waals surface area contributed by atoms with Crippen LogP contribution in [0.25, 0.3) is 22.6 Å². The third-order valence-electron chi connectivity index (χ3n) is 4.01. The smallest absolute Gasteiger partial charge is 0.433 e. The summed E-state index contributed by atoms with van der Waals surface area (Å²) in [5.74, 6) is -0.0286. The molecule has 2 N–H and O–H groups in total. The monoisotopic (exact) mass is 470 g/mol. The Balaban J connectivity index is 0.00000341. The molecule has 0 aliphatic rings. The zero-order valence-electron chi connectivity index (χ0n) is 16.0. The first-order valence-electron chi connectivity index (χ1n) is 8.38. The number of aromatic nitrogens is 4. The van der Waals surface area contributed by atoms with Crippen LogP contribution in [0.1, 0.15) is 12.6 Å². The van der Waals surface area contributed by atoms with Gasteiger partial charge in [0.15, 0.2) is 12.4 Å². The highest BCUT2D eigenvalue weighted by molar-refractivity contribution is 7.85. The van der Waals surface area contributed by atoms with Crippen LogP contribution in [-0.2, 0) is 24.0 Å². The number of rotatable bonds is 5. The van der Waals surface area contributed by atoms with Gasteiger partial charge in [0.05, 0.1) is 39.1 Å². The molecule has 0 aromatic carbocycles. The number of fused-ring (bicyclic) bond motifs is 1. The lowest BCUT2D eigenvalue weighted by Gasteiger charge is -2.12. The molecule has 3 heterocycles. The molecule has 31 heavy (non-hydrogen) atoms. The second kappa shape index (κ2) is 8.78. The van der Waals surface area contributed by atoms with Crippen molar-refractivity contribution in [1.82, 2.24) is 19.5 Å². The zero-order valence-corrected chi connectivity index (χ0v) is 16.8. The Morgan fingerprint density at radius 1 is 1.10 bits per heavy atom. The number of ether oxygens (including phenoxy) is 1. The van der Waals surface area contributed by atoms with E-state index in [0.29, 0.717) is 0 Å². The Kier molecular flexibility index (Phi) is 6.95. The van der Waals surface area contributed by atoms with Crippen molar-refractivity contribution in [2.75, 3.05) is 12.4 Å². The number of nitrogens with zero attached hydrogens (tertiary/aromatic N) is 4. The van der Waals surface area contributed by atoms with Crippen molar-refractivity contribution < 1.29 is 40.8 Å². The SMILES string of the molecule is CCS(=O)c1cc(OCC(F)(F)F)cnc1-c1nc2cc(C(F)(F)F)ncc2n1C.O. The quantitative estimate of drug-likeness (QED) is 0.533. The fourth-order valence-electron chi connectivity index (χ4n) is 2.62. The molecule has 1 unspecified atom stereocenters. The van der Waals surface area contributed by atoms with Gasteiger partial charge >= 0.3 is 12.4 Å². The normalized spacial score (nSPS) is 13.2. The highest BCUT2D eigenvalue weighted by Crippen LogP contribution is 2.33. The summed E-state index contributed by atoms with van der Waals surface area (Å²) >= 11 is 0. The Bertz CT molecular complexity index is 1110. The molecule has 0 aliphatic heterocycles. The van der Waals surface area contributed by atoms with Gasteiger partial charge in [0.25, 0.3) is 0 Å². The predicted octanol–water partition coefficient (Wildman–Crippen LogP) is 3.29. The Morgan fingerprint density at radius 2 is 1.77 bits per heavy atom. The summed E-state index contributed by atoms with van der Waals surface area (Å²) in [6.45, 7) is 0.0436. The number of pyridine rings is 2. The van der Waals surface area contributed by atoms with E-state index >= 15 is 0 Å². The molecule has 0 spiro atoms. The van der Waals surface area contributed by atoms with Crippen molar-refractivity contribution in [2.45, 2.75) is 24.2 Å². The molecule has 0 radical (unpaired) electrons. The molecule has 3 rings (SSSR count). The number of alkyl halides is 6. The van der Waals surface area contributed by atoms with Gasteiger partial charge in [-0.25, -0.2) is 15.0 Å². The van der Waals surface area contributed by atoms with E-state index in [4.69, 9.17) is 0 Å². The van der Waals surface area contributed by atoms with Crippen LogP contribution in [0.5, 0.6) is 5.75 Å². The van der Waals surface area contributed by atoms with Gasteiger partial charge in [-0.3, -0.25) is 4.21 Å². The van der Waals surface area contributed by atoms with E-state index < -0.39 is 35.5 Å². The molecule has 0 amide bonds. The van der Waals surface area contributed by atoms with Crippen molar-refractivity contribution in [2.24, 2.45) is 7.05 Å². The lowest BCUT2D eigenvalue weighted by molar-refractivity contribution is -0.153. The zero-order chi connectivity index (χ0) is 22.3. The third kappa shape index (κ3) is 5.31. The molecule has 170 valence electrons. The first-order chi connectivity index (χ1) is 13.9. The van der Waals surface area contributed by atoms with Crippen LogP contribution in [0.15, 0.2) is 29.4 Å². The van der Waals surface area contributed by atoms with Crippen LogP contribution in [-0.4, -0.2) is 47.7 Å². The summed E-state index contributed by atoms with van der Waals surface area (Å²) in [7, 11) is -0.151. The van der Waals surface area contributed by atoms with E-state index in [1.54, 1.807) is 6.92 Å². The summed E-state index contributed by atoms with van der Waals surface area (Å²) in [5, 5.41) is 0. The second-order valence-electron chi connectivity index (χ2n) is 6.11. The number of hydrogen-bond acceptors (Lipinski definition) is 5. The van der Waals surface area contributed by atoms with Gasteiger partial charge < -0.3 is 14.8 Å². The van der Waals surface area contributed by atoms with Gasteiger partial charge in [-0.05, 0) is 6.07 Å². The minimum Gasteiger partial charge on any atom is -0.482 e. The van der Waals surface area contributed by atoms with Crippen molar-refractivity contribution in [3.05, 3.63) is 30.2 Å². The topological polar surface area (TPSA) is 101 Å². The molecule has 0 saturated heterocycles. The summed E-state index contributed by atoms with van der Waals surface area (Å²) in [4.78, 5) is 11.6. The molecule has 3 aromatic heterocycles. The fourth-order valence-corrected chi connectivity index (χ4v) is 3.54. The largest absolute Gasteiger partial charge is 0.482 e. The summed E-state index contributed by atoms with van der Waals surface area (Å²) in [5.41, 5.74) is -0.810. The Hall–Kier alpha value is -2.74. The van der Waals surface area contributed by atoms with E-state index in [2.05, 4.69) is 19.7 Å². The molecule has 0 fully saturated rings. The second-order valence-corrected chi connectivity index (χ2v) is 7.81. The van der Waals surface area contributed by atoms with Gasteiger partial charge in [-0.15, -0.1) is 0 Å². The minimum atomic E-state index is -4.66. The summed E-state index contributed by atoms with van der Waals surface area (Å²) < 4.78 is 94.5. The lowest BCUT2D eigenvalue weighted by atomic mass is 10.3. The highest BCUT2D eigenvalue weighted by Gasteiger charge is 2.33. The number of halogens is 6. The third-order valence-corrected chi connectivity index (χ3v) is 5.33. The van der Waals surface area contributed by atoms with Crippen LogP contribution in [0, 0.1) is 0 Å². The molecule has 0 saturated carbocycles. The van der Waals surface area contributed by atoms with E-state index in [-0.39, 0.29) is 44.4 Å². The van der Waals surface area contributed by atoms with Gasteiger partial charge in [0, 0.05) is 18.9 Å². The average Bonchev–Trinajstić information content (AvgIpc) is 3.00. The molecule has 14 heteroatoms. The molecule has 1 atom stereocenters. The van der Waals surface area contributed by atoms with Crippen LogP contribution in [0.4, 0.5) is 26.3 Å². The Morgan fingerprint density at radius 3 is 2.35 bits per heavy atom. The van der Waals surface area contributed by atoms with Gasteiger partial charge in [0.1, 0.15) is 17.1 Å². The van der Waals surface area contributed by atoms with E-state index in [0.717, 1.165) is 24.5 Å². The van der Waals surface area contributed by atoms with Crippen molar-refractivity contribution >= 4 is 21.8 Å². The maximum Gasteiger partial charge on any atom is 0.433 e. The molecule has 7 nitrogen and oxygen atoms in total. The predicted molar refractivity (Wildman–Crippen MR) is 98.9 cm³/mol. The van der Waals surface area contributed by atoms with E-state index in [1.807, 2.05) is 0 Å². The van der Waals surface area contributed by atoms with Gasteiger partial charge in [0.2, 0.25) is 0 Å². The lowest BCUT2D eigenvalue weighted by Crippen LogP contribution is -2.19. The van der Waals surface area contributed by atoms with E-state index in [1.165, 1.54) is 11.6 Å². The van der Waals surface area contributed by atoms with E-state index in [9.17, 15) is 30.6 Å². The molecule has 3 aromatic rings. The van der Waals surface area contributed by atoms with Crippen LogP contribution < -0.4 is 4.74 Å². The van der Waals surface area contributed by atoms with Crippen molar-refractivity contribution in [3.63, 3.8) is 0 Å². The van der Waals surface area contributed by atoms with Gasteiger partial charge in [-0.2, -0.15) is 26.3 Å². The number of imidazole rings is 1. The maximum absolute atomic E-state index is 12.9. The maximum atomic E-state index is 12.9. The highest BCUT2D eigenvalue weighted by atomic mass is 32.2. The molecular formula is C17H16F6N4O3S. The number of hydrogen-bond donors (Lipinski definition) is 0. The van der Waals surface area contributed by atoms with Crippen LogP contribution in [0.3, 0.4) is 0 Å². The standard InChI is InChI=1S/C17H14F6N4O2S.H2O/c1-3-30(28)12-4-9(29-8-16(18,19)20)6-25-14(12)15-26-10-5-13(17(21,22)23)24-7-11(10)27(15)2;/h4-7H,3,8H2,1-2H3;1H2.